The van der Waals surface area contributed by atoms with E-state index in [1.807, 2.05) is 12.3 Å². The fourth-order valence-electron chi connectivity index (χ4n) is 4.63. The summed E-state index contributed by atoms with van der Waals surface area (Å²) >= 11 is 3.63. The van der Waals surface area contributed by atoms with Crippen molar-refractivity contribution >= 4 is 33.5 Å². The Morgan fingerprint density at radius 1 is 1.40 bits per heavy atom. The van der Waals surface area contributed by atoms with E-state index in [2.05, 4.69) is 51.8 Å². The van der Waals surface area contributed by atoms with E-state index < -0.39 is 11.8 Å². The smallest absolute Gasteiger partial charge is 0.335 e. The molecule has 156 valence electrons. The molecule has 0 radical (unpaired) electrons. The largest absolute Gasteiger partial charge is 0.478 e. The lowest BCUT2D eigenvalue weighted by atomic mass is 9.91. The van der Waals surface area contributed by atoms with Gasteiger partial charge in [-0.25, -0.2) is 9.18 Å². The molecule has 1 aromatic carbocycles. The Morgan fingerprint density at radius 3 is 2.77 bits per heavy atom. The first-order chi connectivity index (χ1) is 14.3. The van der Waals surface area contributed by atoms with Crippen LogP contribution in [0.3, 0.4) is 0 Å². The minimum atomic E-state index is -1.11. The molecule has 30 heavy (non-hydrogen) atoms. The number of fused-ring (bicyclic) bond motifs is 1. The van der Waals surface area contributed by atoms with Gasteiger partial charge >= 0.3 is 5.97 Å². The van der Waals surface area contributed by atoms with E-state index in [0.29, 0.717) is 11.1 Å². The predicted octanol–water partition coefficient (Wildman–Crippen LogP) is 5.67. The molecular formula is C24H24BrFN2O2. The Balaban J connectivity index is 1.54. The number of aryl methyl sites for hydroxylation is 1. The van der Waals surface area contributed by atoms with Crippen LogP contribution < -0.4 is 0 Å². The number of carboxylic acids is 1. The lowest BCUT2D eigenvalue weighted by molar-refractivity contribution is 0.0696. The molecule has 2 heterocycles. The van der Waals surface area contributed by atoms with Crippen LogP contribution in [0.2, 0.25) is 0 Å². The Hall–Kier alpha value is -2.31. The van der Waals surface area contributed by atoms with Gasteiger partial charge in [-0.3, -0.25) is 9.88 Å². The molecule has 1 aliphatic heterocycles. The highest BCUT2D eigenvalue weighted by Gasteiger charge is 2.31. The molecule has 1 N–H and O–H groups in total. The van der Waals surface area contributed by atoms with E-state index >= 15 is 0 Å². The topological polar surface area (TPSA) is 53.4 Å². The molecule has 6 heteroatoms. The maximum atomic E-state index is 14.7. The second-order valence-corrected chi connectivity index (χ2v) is 8.92. The number of benzene rings is 1. The lowest BCUT2D eigenvalue weighted by Gasteiger charge is -2.34. The molecule has 0 spiro atoms. The number of carbonyl (C=O) groups is 1. The standard InChI is InChI=1S/C24H24BrFN2O2/c1-13-10-17(24(29)30)11-21(26)22(13)16-5-8-28(9-6-16)15(3)18-12-19-20(25)4-7-27-23(19)14(18)2/h4-5,7,10-12,14-15H,6,8-9H2,1-3H3,(H,29,30)/t14?,15-/m0/s1. The summed E-state index contributed by atoms with van der Waals surface area (Å²) in [4.78, 5) is 18.1. The van der Waals surface area contributed by atoms with Crippen molar-refractivity contribution in [2.45, 2.75) is 39.2 Å². The molecule has 0 saturated heterocycles. The van der Waals surface area contributed by atoms with Gasteiger partial charge < -0.3 is 5.11 Å². The van der Waals surface area contributed by atoms with Crippen molar-refractivity contribution < 1.29 is 14.3 Å². The van der Waals surface area contributed by atoms with Crippen LogP contribution in [-0.4, -0.2) is 40.1 Å². The molecule has 2 atom stereocenters. The van der Waals surface area contributed by atoms with E-state index in [-0.39, 0.29) is 17.5 Å². The van der Waals surface area contributed by atoms with E-state index in [0.717, 1.165) is 46.9 Å². The zero-order chi connectivity index (χ0) is 21.6. The highest BCUT2D eigenvalue weighted by Crippen LogP contribution is 2.41. The first-order valence-corrected chi connectivity index (χ1v) is 10.9. The molecule has 2 aromatic rings. The van der Waals surface area contributed by atoms with Crippen LogP contribution in [0, 0.1) is 12.7 Å². The van der Waals surface area contributed by atoms with Gasteiger partial charge in [-0.05, 0) is 55.2 Å². The van der Waals surface area contributed by atoms with Crippen molar-refractivity contribution in [3.63, 3.8) is 0 Å². The van der Waals surface area contributed by atoms with Crippen molar-refractivity contribution in [2.75, 3.05) is 13.1 Å². The minimum Gasteiger partial charge on any atom is -0.478 e. The van der Waals surface area contributed by atoms with E-state index in [9.17, 15) is 9.18 Å². The van der Waals surface area contributed by atoms with E-state index in [1.165, 1.54) is 5.57 Å². The van der Waals surface area contributed by atoms with Gasteiger partial charge in [0.2, 0.25) is 0 Å². The molecule has 1 unspecified atom stereocenters. The number of halogens is 2. The third-order valence-corrected chi connectivity index (χ3v) is 7.01. The fourth-order valence-corrected chi connectivity index (χ4v) is 5.07. The van der Waals surface area contributed by atoms with Crippen LogP contribution in [0.15, 0.2) is 40.5 Å². The maximum absolute atomic E-state index is 14.7. The van der Waals surface area contributed by atoms with Gasteiger partial charge in [0.05, 0.1) is 11.3 Å². The number of carboxylic acid groups (broad SMARTS) is 1. The summed E-state index contributed by atoms with van der Waals surface area (Å²) in [7, 11) is 0. The van der Waals surface area contributed by atoms with Crippen LogP contribution in [0.25, 0.3) is 11.6 Å². The van der Waals surface area contributed by atoms with Crippen molar-refractivity contribution in [3.8, 4) is 0 Å². The summed E-state index contributed by atoms with van der Waals surface area (Å²) in [6, 6.07) is 4.88. The molecule has 4 nitrogen and oxygen atoms in total. The van der Waals surface area contributed by atoms with Gasteiger partial charge in [-0.1, -0.05) is 35.0 Å². The Morgan fingerprint density at radius 2 is 2.17 bits per heavy atom. The second kappa shape index (κ2) is 8.08. The van der Waals surface area contributed by atoms with E-state index in [1.54, 1.807) is 13.0 Å². The van der Waals surface area contributed by atoms with Crippen LogP contribution in [0.1, 0.15) is 58.9 Å². The third-order valence-electron chi connectivity index (χ3n) is 6.32. The van der Waals surface area contributed by atoms with Gasteiger partial charge in [-0.2, -0.15) is 0 Å². The molecular weight excluding hydrogens is 447 g/mol. The molecule has 0 saturated carbocycles. The average Bonchev–Trinajstić information content (AvgIpc) is 3.05. The van der Waals surface area contributed by atoms with Gasteiger partial charge in [0, 0.05) is 46.8 Å². The first-order valence-electron chi connectivity index (χ1n) is 10.1. The quantitative estimate of drug-likeness (QED) is 0.625. The lowest BCUT2D eigenvalue weighted by Crippen LogP contribution is -2.38. The summed E-state index contributed by atoms with van der Waals surface area (Å²) in [6.45, 7) is 7.73. The maximum Gasteiger partial charge on any atom is 0.335 e. The number of nitrogens with zero attached hydrogens (tertiary/aromatic N) is 2. The molecule has 1 aliphatic carbocycles. The van der Waals surface area contributed by atoms with Crippen molar-refractivity contribution in [2.24, 2.45) is 0 Å². The molecule has 4 rings (SSSR count). The van der Waals surface area contributed by atoms with Crippen LogP contribution in [0.5, 0.6) is 0 Å². The van der Waals surface area contributed by atoms with Crippen molar-refractivity contribution in [1.82, 2.24) is 9.88 Å². The first kappa shape index (κ1) is 20.9. The Kier molecular flexibility index (Phi) is 5.64. The number of aromatic carboxylic acids is 1. The fraction of sp³-hybridized carbons (Fsp3) is 0.333. The van der Waals surface area contributed by atoms with Gasteiger partial charge in [0.1, 0.15) is 5.82 Å². The number of aromatic nitrogens is 1. The van der Waals surface area contributed by atoms with Gasteiger partial charge in [-0.15, -0.1) is 0 Å². The molecule has 0 bridgehead atoms. The summed E-state index contributed by atoms with van der Waals surface area (Å²) in [5.41, 5.74) is 5.76. The van der Waals surface area contributed by atoms with Crippen LogP contribution >= 0.6 is 15.9 Å². The van der Waals surface area contributed by atoms with Crippen molar-refractivity contribution in [1.29, 1.82) is 0 Å². The highest BCUT2D eigenvalue weighted by molar-refractivity contribution is 9.10. The van der Waals surface area contributed by atoms with E-state index in [4.69, 9.17) is 5.11 Å². The summed E-state index contributed by atoms with van der Waals surface area (Å²) < 4.78 is 15.7. The Labute approximate surface area is 184 Å². The number of pyridine rings is 1. The zero-order valence-electron chi connectivity index (χ0n) is 17.2. The Bertz CT molecular complexity index is 1070. The summed E-state index contributed by atoms with van der Waals surface area (Å²) in [5, 5.41) is 9.14. The second-order valence-electron chi connectivity index (χ2n) is 8.06. The monoisotopic (exact) mass is 470 g/mol. The molecule has 0 amide bonds. The van der Waals surface area contributed by atoms with Gasteiger partial charge in [0.25, 0.3) is 0 Å². The summed E-state index contributed by atoms with van der Waals surface area (Å²) in [6.07, 6.45) is 6.89. The van der Waals surface area contributed by atoms with Crippen molar-refractivity contribution in [3.05, 3.63) is 74.3 Å². The normalized spacial score (nSPS) is 19.8. The number of hydrogen-bond acceptors (Lipinski definition) is 3. The van der Waals surface area contributed by atoms with Crippen LogP contribution in [-0.2, 0) is 0 Å². The third kappa shape index (κ3) is 3.63. The minimum absolute atomic E-state index is 0.0121. The molecule has 1 aromatic heterocycles. The number of hydrogen-bond donors (Lipinski definition) is 1. The summed E-state index contributed by atoms with van der Waals surface area (Å²) in [5.74, 6) is -1.30. The number of rotatable bonds is 4. The highest BCUT2D eigenvalue weighted by atomic mass is 79.9. The molecule has 2 aliphatic rings. The van der Waals surface area contributed by atoms with Gasteiger partial charge in [0.15, 0.2) is 0 Å². The zero-order valence-corrected chi connectivity index (χ0v) is 18.8. The molecule has 0 fully saturated rings. The van der Waals surface area contributed by atoms with Crippen LogP contribution in [0.4, 0.5) is 4.39 Å². The SMILES string of the molecule is Cc1cc(C(=O)O)cc(F)c1C1=CCN([C@@H](C)C2=Cc3c(Br)ccnc3C2C)CC1. The average molecular weight is 471 g/mol. The predicted molar refractivity (Wildman–Crippen MR) is 120 cm³/mol.